The van der Waals surface area contributed by atoms with E-state index in [2.05, 4.69) is 21.2 Å². The zero-order valence-corrected chi connectivity index (χ0v) is 13.4. The molecular formula is C15H12BrClF3N. The fourth-order valence-electron chi connectivity index (χ4n) is 2.20. The second kappa shape index (κ2) is 6.38. The normalized spacial score (nSPS) is 13.2. The molecule has 0 amide bonds. The van der Waals surface area contributed by atoms with Crippen molar-refractivity contribution >= 4 is 27.5 Å². The van der Waals surface area contributed by atoms with Gasteiger partial charge in [0.15, 0.2) is 0 Å². The third kappa shape index (κ3) is 3.59. The monoisotopic (exact) mass is 377 g/mol. The van der Waals surface area contributed by atoms with Gasteiger partial charge in [0, 0.05) is 4.47 Å². The van der Waals surface area contributed by atoms with E-state index in [0.717, 1.165) is 6.07 Å². The Balaban J connectivity index is 2.54. The van der Waals surface area contributed by atoms with Crippen LogP contribution < -0.4 is 5.32 Å². The molecule has 0 aliphatic rings. The summed E-state index contributed by atoms with van der Waals surface area (Å²) < 4.78 is 40.1. The van der Waals surface area contributed by atoms with Crippen LogP contribution in [0.3, 0.4) is 0 Å². The lowest BCUT2D eigenvalue weighted by molar-refractivity contribution is -0.138. The average molecular weight is 379 g/mol. The van der Waals surface area contributed by atoms with E-state index in [9.17, 15) is 13.2 Å². The fourth-order valence-corrected chi connectivity index (χ4v) is 2.71. The van der Waals surface area contributed by atoms with E-state index >= 15 is 0 Å². The maximum Gasteiger partial charge on any atom is 0.416 e. The quantitative estimate of drug-likeness (QED) is 0.751. The molecule has 21 heavy (non-hydrogen) atoms. The minimum atomic E-state index is -4.39. The second-order valence-electron chi connectivity index (χ2n) is 4.48. The van der Waals surface area contributed by atoms with Crippen LogP contribution in [-0.4, -0.2) is 7.05 Å². The van der Waals surface area contributed by atoms with Crippen molar-refractivity contribution in [2.75, 3.05) is 7.05 Å². The van der Waals surface area contributed by atoms with Crippen molar-refractivity contribution in [1.82, 2.24) is 5.32 Å². The van der Waals surface area contributed by atoms with Gasteiger partial charge in [-0.25, -0.2) is 0 Å². The highest BCUT2D eigenvalue weighted by atomic mass is 79.9. The van der Waals surface area contributed by atoms with Gasteiger partial charge in [-0.3, -0.25) is 0 Å². The van der Waals surface area contributed by atoms with Gasteiger partial charge < -0.3 is 5.32 Å². The van der Waals surface area contributed by atoms with Crippen LogP contribution in [0.5, 0.6) is 0 Å². The number of hydrogen-bond acceptors (Lipinski definition) is 1. The van der Waals surface area contributed by atoms with Crippen LogP contribution in [-0.2, 0) is 6.18 Å². The first-order valence-electron chi connectivity index (χ1n) is 6.13. The summed E-state index contributed by atoms with van der Waals surface area (Å²) in [5.41, 5.74) is 0.239. The number of nitrogens with one attached hydrogen (secondary N) is 1. The summed E-state index contributed by atoms with van der Waals surface area (Å²) in [6.07, 6.45) is -4.39. The molecule has 2 aromatic carbocycles. The van der Waals surface area contributed by atoms with E-state index in [0.29, 0.717) is 15.1 Å². The molecule has 0 fully saturated rings. The Morgan fingerprint density at radius 2 is 1.81 bits per heavy atom. The second-order valence-corrected chi connectivity index (χ2v) is 5.74. The van der Waals surface area contributed by atoms with E-state index in [1.165, 1.54) is 12.1 Å². The van der Waals surface area contributed by atoms with Crippen molar-refractivity contribution in [3.63, 3.8) is 0 Å². The minimum Gasteiger partial charge on any atom is -0.309 e. The molecule has 112 valence electrons. The molecule has 2 rings (SSSR count). The summed E-state index contributed by atoms with van der Waals surface area (Å²) in [6.45, 7) is 0. The number of hydrogen-bond donors (Lipinski definition) is 1. The van der Waals surface area contributed by atoms with E-state index in [-0.39, 0.29) is 5.56 Å². The number of alkyl halides is 3. The van der Waals surface area contributed by atoms with Gasteiger partial charge in [0.25, 0.3) is 0 Å². The summed E-state index contributed by atoms with van der Waals surface area (Å²) in [5, 5.41) is 3.44. The zero-order valence-electron chi connectivity index (χ0n) is 11.0. The summed E-state index contributed by atoms with van der Waals surface area (Å²) in [6, 6.07) is 10.1. The summed E-state index contributed by atoms with van der Waals surface area (Å²) in [5.74, 6) is 0. The number of benzene rings is 2. The van der Waals surface area contributed by atoms with Crippen molar-refractivity contribution in [1.29, 1.82) is 0 Å². The number of rotatable bonds is 3. The molecule has 6 heteroatoms. The van der Waals surface area contributed by atoms with Gasteiger partial charge in [-0.1, -0.05) is 35.9 Å². The smallest absolute Gasteiger partial charge is 0.309 e. The van der Waals surface area contributed by atoms with Gasteiger partial charge >= 0.3 is 6.18 Å². The van der Waals surface area contributed by atoms with Crippen LogP contribution >= 0.6 is 27.5 Å². The van der Waals surface area contributed by atoms with Crippen LogP contribution in [0.1, 0.15) is 22.7 Å². The van der Waals surface area contributed by atoms with E-state index in [1.54, 1.807) is 31.3 Å². The van der Waals surface area contributed by atoms with Gasteiger partial charge in [-0.2, -0.15) is 13.2 Å². The SMILES string of the molecule is CNC(c1ccc(Cl)c(Br)c1)c1ccccc1C(F)(F)F. The summed E-state index contributed by atoms with van der Waals surface area (Å²) >= 11 is 9.22. The fraction of sp³-hybridized carbons (Fsp3) is 0.200. The molecule has 0 heterocycles. The average Bonchev–Trinajstić information content (AvgIpc) is 2.43. The van der Waals surface area contributed by atoms with Crippen molar-refractivity contribution in [2.45, 2.75) is 12.2 Å². The standard InChI is InChI=1S/C15H12BrClF3N/c1-21-14(9-6-7-13(17)12(16)8-9)10-4-2-3-5-11(10)15(18,19)20/h2-8,14,21H,1H3. The lowest BCUT2D eigenvalue weighted by Gasteiger charge is -2.22. The van der Waals surface area contributed by atoms with Crippen molar-refractivity contribution in [2.24, 2.45) is 0 Å². The lowest BCUT2D eigenvalue weighted by Crippen LogP contribution is -2.22. The molecule has 1 unspecified atom stereocenters. The highest BCUT2D eigenvalue weighted by Crippen LogP contribution is 2.37. The maximum absolute atomic E-state index is 13.1. The minimum absolute atomic E-state index is 0.182. The summed E-state index contributed by atoms with van der Waals surface area (Å²) in [4.78, 5) is 0. The predicted octanol–water partition coefficient (Wildman–Crippen LogP) is 5.43. The molecule has 0 aliphatic heterocycles. The molecule has 0 saturated carbocycles. The van der Waals surface area contributed by atoms with Gasteiger partial charge in [0.2, 0.25) is 0 Å². The lowest BCUT2D eigenvalue weighted by atomic mass is 9.94. The molecule has 0 radical (unpaired) electrons. The van der Waals surface area contributed by atoms with Gasteiger partial charge in [0.05, 0.1) is 16.6 Å². The van der Waals surface area contributed by atoms with Gasteiger partial charge in [0.1, 0.15) is 0 Å². The Bertz CT molecular complexity index is 643. The number of halogens is 5. The molecule has 0 aromatic heterocycles. The summed E-state index contributed by atoms with van der Waals surface area (Å²) in [7, 11) is 1.63. The Labute approximate surface area is 134 Å². The van der Waals surface area contributed by atoms with Crippen molar-refractivity contribution in [3.05, 3.63) is 68.7 Å². The first-order valence-corrected chi connectivity index (χ1v) is 7.30. The van der Waals surface area contributed by atoms with Crippen molar-refractivity contribution < 1.29 is 13.2 Å². The third-order valence-electron chi connectivity index (χ3n) is 3.14. The first kappa shape index (κ1) is 16.3. The molecule has 1 N–H and O–H groups in total. The van der Waals surface area contributed by atoms with E-state index in [1.807, 2.05) is 0 Å². The van der Waals surface area contributed by atoms with Crippen LogP contribution in [0, 0.1) is 0 Å². The molecule has 1 atom stereocenters. The maximum atomic E-state index is 13.1. The van der Waals surface area contributed by atoms with Crippen molar-refractivity contribution in [3.8, 4) is 0 Å². The largest absolute Gasteiger partial charge is 0.416 e. The van der Waals surface area contributed by atoms with E-state index in [4.69, 9.17) is 11.6 Å². The highest BCUT2D eigenvalue weighted by molar-refractivity contribution is 9.10. The highest BCUT2D eigenvalue weighted by Gasteiger charge is 2.35. The zero-order chi connectivity index (χ0) is 15.6. The molecule has 0 saturated heterocycles. The Morgan fingerprint density at radius 1 is 1.14 bits per heavy atom. The predicted molar refractivity (Wildman–Crippen MR) is 81.5 cm³/mol. The molecule has 1 nitrogen and oxygen atoms in total. The van der Waals surface area contributed by atoms with Gasteiger partial charge in [-0.05, 0) is 52.3 Å². The van der Waals surface area contributed by atoms with E-state index < -0.39 is 17.8 Å². The molecule has 2 aromatic rings. The topological polar surface area (TPSA) is 12.0 Å². The first-order chi connectivity index (χ1) is 9.84. The van der Waals surface area contributed by atoms with Crippen LogP contribution in [0.15, 0.2) is 46.9 Å². The Kier molecular flexibility index (Phi) is 4.96. The third-order valence-corrected chi connectivity index (χ3v) is 4.36. The Morgan fingerprint density at radius 3 is 2.38 bits per heavy atom. The Hall–Kier alpha value is -1.04. The van der Waals surface area contributed by atoms with Crippen LogP contribution in [0.4, 0.5) is 13.2 Å². The molecule has 0 spiro atoms. The van der Waals surface area contributed by atoms with Crippen LogP contribution in [0.25, 0.3) is 0 Å². The van der Waals surface area contributed by atoms with Crippen LogP contribution in [0.2, 0.25) is 5.02 Å². The molecular weight excluding hydrogens is 367 g/mol. The van der Waals surface area contributed by atoms with Gasteiger partial charge in [-0.15, -0.1) is 0 Å². The molecule has 0 aliphatic carbocycles. The molecule has 0 bridgehead atoms.